The molecule has 0 spiro atoms. The second kappa shape index (κ2) is 7.77. The van der Waals surface area contributed by atoms with Crippen LogP contribution in [-0.2, 0) is 0 Å². The predicted molar refractivity (Wildman–Crippen MR) is 108 cm³/mol. The van der Waals surface area contributed by atoms with Crippen molar-refractivity contribution in [3.63, 3.8) is 0 Å². The van der Waals surface area contributed by atoms with Crippen molar-refractivity contribution in [3.05, 3.63) is 74.0 Å². The van der Waals surface area contributed by atoms with Crippen LogP contribution >= 0.6 is 23.2 Å². The van der Waals surface area contributed by atoms with Crippen LogP contribution in [0.2, 0.25) is 10.0 Å². The van der Waals surface area contributed by atoms with E-state index in [1.54, 1.807) is 18.2 Å². The van der Waals surface area contributed by atoms with Gasteiger partial charge >= 0.3 is 5.69 Å². The number of rotatable bonds is 5. The molecule has 0 unspecified atom stereocenters. The molecule has 0 aliphatic heterocycles. The molecule has 7 nitrogen and oxygen atoms in total. The van der Waals surface area contributed by atoms with E-state index in [2.05, 4.69) is 20.6 Å². The van der Waals surface area contributed by atoms with E-state index in [9.17, 15) is 10.1 Å². The summed E-state index contributed by atoms with van der Waals surface area (Å²) in [7, 11) is 0. The van der Waals surface area contributed by atoms with Gasteiger partial charge in [0.25, 0.3) is 0 Å². The van der Waals surface area contributed by atoms with Gasteiger partial charge in [0.15, 0.2) is 0 Å². The molecule has 0 saturated heterocycles. The topological polar surface area (TPSA) is 93.0 Å². The monoisotopic (exact) mass is 403 g/mol. The van der Waals surface area contributed by atoms with Crippen LogP contribution in [0.3, 0.4) is 0 Å². The number of hydrogen-bond donors (Lipinski definition) is 2. The molecule has 1 aromatic heterocycles. The molecular formula is C18H15Cl2N5O2. The predicted octanol–water partition coefficient (Wildman–Crippen LogP) is 5.80. The van der Waals surface area contributed by atoms with Gasteiger partial charge in [-0.15, -0.1) is 0 Å². The Bertz CT molecular complexity index is 955. The fraction of sp³-hybridized carbons (Fsp3) is 0.111. The zero-order chi connectivity index (χ0) is 19.6. The molecule has 9 heteroatoms. The Morgan fingerprint density at radius 1 is 0.963 bits per heavy atom. The first-order chi connectivity index (χ1) is 12.8. The fourth-order valence-electron chi connectivity index (χ4n) is 2.45. The normalized spacial score (nSPS) is 10.5. The first-order valence-corrected chi connectivity index (χ1v) is 8.66. The molecule has 0 aliphatic carbocycles. The second-order valence-corrected chi connectivity index (χ2v) is 6.71. The Morgan fingerprint density at radius 3 is 2.30 bits per heavy atom. The largest absolute Gasteiger partial charge is 0.353 e. The summed E-state index contributed by atoms with van der Waals surface area (Å²) in [6, 6.07) is 10.6. The van der Waals surface area contributed by atoms with Crippen molar-refractivity contribution in [1.29, 1.82) is 0 Å². The molecule has 0 radical (unpaired) electrons. The van der Waals surface area contributed by atoms with Crippen LogP contribution in [0.1, 0.15) is 11.1 Å². The molecule has 0 bridgehead atoms. The summed E-state index contributed by atoms with van der Waals surface area (Å²) in [6.45, 7) is 3.84. The lowest BCUT2D eigenvalue weighted by Crippen LogP contribution is -2.06. The lowest BCUT2D eigenvalue weighted by atomic mass is 10.1. The molecule has 27 heavy (non-hydrogen) atoms. The van der Waals surface area contributed by atoms with Gasteiger partial charge in [-0.3, -0.25) is 10.1 Å². The Hall–Kier alpha value is -2.90. The molecule has 0 atom stereocenters. The van der Waals surface area contributed by atoms with E-state index in [1.165, 1.54) is 6.33 Å². The molecule has 138 valence electrons. The SMILES string of the molecule is Cc1ccc(C)c(Nc2ncnc(Nc3cc(Cl)ccc3Cl)c2[N+](=O)[O-])c1. The molecule has 0 fully saturated rings. The van der Waals surface area contributed by atoms with Crippen molar-refractivity contribution in [1.82, 2.24) is 9.97 Å². The molecule has 0 amide bonds. The van der Waals surface area contributed by atoms with Gasteiger partial charge in [0.1, 0.15) is 6.33 Å². The maximum atomic E-state index is 11.7. The molecule has 3 aromatic rings. The van der Waals surface area contributed by atoms with Gasteiger partial charge in [0.2, 0.25) is 11.6 Å². The van der Waals surface area contributed by atoms with Crippen molar-refractivity contribution in [2.24, 2.45) is 0 Å². The summed E-state index contributed by atoms with van der Waals surface area (Å²) >= 11 is 12.1. The summed E-state index contributed by atoms with van der Waals surface area (Å²) in [5, 5.41) is 18.4. The first kappa shape index (κ1) is 18.9. The van der Waals surface area contributed by atoms with E-state index in [0.29, 0.717) is 15.7 Å². The number of nitrogens with one attached hydrogen (secondary N) is 2. The zero-order valence-corrected chi connectivity index (χ0v) is 16.0. The van der Waals surface area contributed by atoms with Gasteiger partial charge in [-0.2, -0.15) is 0 Å². The summed E-state index contributed by atoms with van der Waals surface area (Å²) in [5.74, 6) is 0.0799. The molecule has 2 N–H and O–H groups in total. The van der Waals surface area contributed by atoms with E-state index in [4.69, 9.17) is 23.2 Å². The maximum Gasteiger partial charge on any atom is 0.353 e. The van der Waals surface area contributed by atoms with Crippen molar-refractivity contribution in [3.8, 4) is 0 Å². The minimum atomic E-state index is -0.547. The van der Waals surface area contributed by atoms with Crippen LogP contribution in [0.25, 0.3) is 0 Å². The highest BCUT2D eigenvalue weighted by Gasteiger charge is 2.24. The summed E-state index contributed by atoms with van der Waals surface area (Å²) in [6.07, 6.45) is 1.24. The molecule has 1 heterocycles. The number of nitrogens with zero attached hydrogens (tertiary/aromatic N) is 3. The van der Waals surface area contributed by atoms with Crippen molar-refractivity contribution in [2.75, 3.05) is 10.6 Å². The lowest BCUT2D eigenvalue weighted by molar-refractivity contribution is -0.383. The number of hydrogen-bond acceptors (Lipinski definition) is 6. The van der Waals surface area contributed by atoms with Crippen LogP contribution in [0.5, 0.6) is 0 Å². The quantitative estimate of drug-likeness (QED) is 0.413. The molecule has 0 saturated carbocycles. The minimum absolute atomic E-state index is 0.00646. The Kier molecular flexibility index (Phi) is 5.43. The van der Waals surface area contributed by atoms with E-state index < -0.39 is 4.92 Å². The van der Waals surface area contributed by atoms with Crippen LogP contribution < -0.4 is 10.6 Å². The highest BCUT2D eigenvalue weighted by Crippen LogP contribution is 2.36. The number of aryl methyl sites for hydroxylation is 2. The minimum Gasteiger partial charge on any atom is -0.334 e. The average molecular weight is 404 g/mol. The summed E-state index contributed by atoms with van der Waals surface area (Å²) in [5.41, 5.74) is 2.78. The zero-order valence-electron chi connectivity index (χ0n) is 14.5. The van der Waals surface area contributed by atoms with Crippen molar-refractivity contribution in [2.45, 2.75) is 13.8 Å². The van der Waals surface area contributed by atoms with E-state index in [-0.39, 0.29) is 17.3 Å². The molecular weight excluding hydrogens is 389 g/mol. The van der Waals surface area contributed by atoms with Gasteiger partial charge in [0.05, 0.1) is 15.6 Å². The Balaban J connectivity index is 2.04. The van der Waals surface area contributed by atoms with Crippen LogP contribution in [0, 0.1) is 24.0 Å². The smallest absolute Gasteiger partial charge is 0.334 e. The van der Waals surface area contributed by atoms with Crippen LogP contribution in [-0.4, -0.2) is 14.9 Å². The van der Waals surface area contributed by atoms with Gasteiger partial charge in [-0.25, -0.2) is 9.97 Å². The number of aromatic nitrogens is 2. The Labute approximate surface area is 165 Å². The van der Waals surface area contributed by atoms with Crippen molar-refractivity contribution >= 4 is 51.9 Å². The maximum absolute atomic E-state index is 11.7. The van der Waals surface area contributed by atoms with Gasteiger partial charge in [-0.1, -0.05) is 35.3 Å². The lowest BCUT2D eigenvalue weighted by Gasteiger charge is -2.13. The van der Waals surface area contributed by atoms with E-state index in [0.717, 1.165) is 16.8 Å². The summed E-state index contributed by atoms with van der Waals surface area (Å²) < 4.78 is 0. The summed E-state index contributed by atoms with van der Waals surface area (Å²) in [4.78, 5) is 19.2. The molecule has 3 rings (SSSR count). The molecule has 2 aromatic carbocycles. The Morgan fingerprint density at radius 2 is 1.63 bits per heavy atom. The van der Waals surface area contributed by atoms with Crippen molar-refractivity contribution < 1.29 is 4.92 Å². The highest BCUT2D eigenvalue weighted by molar-refractivity contribution is 6.35. The highest BCUT2D eigenvalue weighted by atomic mass is 35.5. The van der Waals surface area contributed by atoms with Gasteiger partial charge in [-0.05, 0) is 49.2 Å². The van der Waals surface area contributed by atoms with E-state index in [1.807, 2.05) is 32.0 Å². The average Bonchev–Trinajstić information content (AvgIpc) is 2.61. The second-order valence-electron chi connectivity index (χ2n) is 5.87. The number of halogens is 2. The third kappa shape index (κ3) is 4.27. The number of benzene rings is 2. The van der Waals surface area contributed by atoms with E-state index >= 15 is 0 Å². The standard InChI is InChI=1S/C18H15Cl2N5O2/c1-10-3-4-11(2)14(7-10)23-17-16(25(26)27)18(22-9-21-17)24-15-8-12(19)5-6-13(15)20/h3-9H,1-2H3,(H2,21,22,23,24). The van der Waals surface area contributed by atoms with Crippen LogP contribution in [0.4, 0.5) is 28.7 Å². The number of anilines is 4. The van der Waals surface area contributed by atoms with Gasteiger partial charge in [0, 0.05) is 10.7 Å². The fourth-order valence-corrected chi connectivity index (χ4v) is 2.79. The molecule has 0 aliphatic rings. The number of nitro groups is 1. The third-order valence-electron chi connectivity index (χ3n) is 3.83. The van der Waals surface area contributed by atoms with Gasteiger partial charge < -0.3 is 10.6 Å². The first-order valence-electron chi connectivity index (χ1n) is 7.91. The van der Waals surface area contributed by atoms with Crippen LogP contribution in [0.15, 0.2) is 42.7 Å². The third-order valence-corrected chi connectivity index (χ3v) is 4.40.